The quantitative estimate of drug-likeness (QED) is 0.148. The van der Waals surface area contributed by atoms with E-state index in [1.165, 1.54) is 23.0 Å². The molecular weight excluding hydrogens is 501 g/mol. The average Bonchev–Trinajstić information content (AvgIpc) is 2.84. The average molecular weight is 522 g/mol. The zero-order valence-corrected chi connectivity index (χ0v) is 21.2. The molecule has 0 saturated heterocycles. The maximum Gasteiger partial charge on any atom is 0.140 e. The summed E-state index contributed by atoms with van der Waals surface area (Å²) in [7, 11) is 1.05. The van der Waals surface area contributed by atoms with Crippen LogP contribution in [0.2, 0.25) is 15.1 Å². The highest BCUT2D eigenvalue weighted by Crippen LogP contribution is 2.39. The van der Waals surface area contributed by atoms with Gasteiger partial charge in [-0.1, -0.05) is 126 Å². The van der Waals surface area contributed by atoms with E-state index < -0.39 is 7.92 Å². The minimum atomic E-state index is -0.446. The molecule has 32 heavy (non-hydrogen) atoms. The lowest BCUT2D eigenvalue weighted by molar-refractivity contribution is 0.415. The molecule has 0 N–H and O–H groups in total. The van der Waals surface area contributed by atoms with Crippen LogP contribution in [0, 0.1) is 0 Å². The first kappa shape index (κ1) is 24.9. The lowest BCUT2D eigenvalue weighted by Crippen LogP contribution is -2.20. The predicted octanol–water partition coefficient (Wildman–Crippen LogP) is 7.84. The van der Waals surface area contributed by atoms with Crippen LogP contribution in [0.15, 0.2) is 97.1 Å². The van der Waals surface area contributed by atoms with E-state index in [1.807, 2.05) is 0 Å². The molecule has 4 rings (SSSR count). The third-order valence-corrected chi connectivity index (χ3v) is 8.55. The first-order valence-electron chi connectivity index (χ1n) is 9.78. The fourth-order valence-corrected chi connectivity index (χ4v) is 6.60. The molecule has 0 aliphatic heterocycles. The van der Waals surface area contributed by atoms with Gasteiger partial charge in [-0.3, -0.25) is 0 Å². The highest BCUT2D eigenvalue weighted by molar-refractivity contribution is 7.79. The van der Waals surface area contributed by atoms with Crippen molar-refractivity contribution >= 4 is 70.2 Å². The van der Waals surface area contributed by atoms with Crippen molar-refractivity contribution in [2.24, 2.45) is 0 Å². The van der Waals surface area contributed by atoms with Gasteiger partial charge in [0.05, 0.1) is 23.0 Å². The van der Waals surface area contributed by atoms with Crippen molar-refractivity contribution in [3.63, 3.8) is 0 Å². The van der Waals surface area contributed by atoms with Crippen LogP contribution in [0.4, 0.5) is 0 Å². The van der Waals surface area contributed by atoms with Gasteiger partial charge in [0.2, 0.25) is 0 Å². The van der Waals surface area contributed by atoms with Crippen molar-refractivity contribution in [3.8, 4) is 5.75 Å². The van der Waals surface area contributed by atoms with Crippen LogP contribution in [-0.4, -0.2) is 7.11 Å². The third kappa shape index (κ3) is 6.19. The number of alkyl halides is 1. The monoisotopic (exact) mass is 520 g/mol. The molecule has 0 aliphatic carbocycles. The number of hydrogen-bond acceptors (Lipinski definition) is 1. The van der Waals surface area contributed by atoms with E-state index in [-0.39, 0.29) is 5.88 Å². The molecular formula is C26H21Cl4OP. The summed E-state index contributed by atoms with van der Waals surface area (Å²) in [5, 5.41) is 5.34. The maximum absolute atomic E-state index is 5.90. The Hall–Kier alpha value is -1.73. The fraction of sp³-hybridized carbons (Fsp3) is 0.0769. The molecule has 6 heteroatoms. The van der Waals surface area contributed by atoms with Gasteiger partial charge in [0.15, 0.2) is 0 Å². The molecule has 0 spiro atoms. The standard InChI is InChI=1S/C18H15P.C8H6Cl4O/c1-4-10-16(11-5-1)19(17-12-6-2-7-13-17)18-14-8-3-9-15-18;1-13-6-2-5(10)4(3-9)7(11)8(6)12/h1-15H;2H,3H2,1H3. The molecule has 0 saturated carbocycles. The smallest absolute Gasteiger partial charge is 0.140 e. The third-order valence-electron chi connectivity index (χ3n) is 4.62. The van der Waals surface area contributed by atoms with Gasteiger partial charge in [0, 0.05) is 11.6 Å². The first-order chi connectivity index (χ1) is 15.6. The molecule has 0 fully saturated rings. The molecule has 0 heterocycles. The SMILES string of the molecule is COc1cc(Cl)c(CCl)c(Cl)c1Cl.c1ccc(P(c2ccccc2)c2ccccc2)cc1. The summed E-state index contributed by atoms with van der Waals surface area (Å²) in [6, 6.07) is 33.9. The summed E-state index contributed by atoms with van der Waals surface area (Å²) in [4.78, 5) is 0. The van der Waals surface area contributed by atoms with Crippen LogP contribution in [0.25, 0.3) is 0 Å². The number of methoxy groups -OCH3 is 1. The Labute approximate surface area is 210 Å². The maximum atomic E-state index is 5.90. The van der Waals surface area contributed by atoms with E-state index in [4.69, 9.17) is 51.1 Å². The normalized spacial score (nSPS) is 10.4. The Morgan fingerprint density at radius 2 is 1.06 bits per heavy atom. The topological polar surface area (TPSA) is 9.23 Å². The van der Waals surface area contributed by atoms with Gasteiger partial charge in [-0.2, -0.15) is 0 Å². The summed E-state index contributed by atoms with van der Waals surface area (Å²) in [5.41, 5.74) is 0.621. The van der Waals surface area contributed by atoms with E-state index in [9.17, 15) is 0 Å². The van der Waals surface area contributed by atoms with Crippen molar-refractivity contribution in [3.05, 3.63) is 118 Å². The van der Waals surface area contributed by atoms with Gasteiger partial charge < -0.3 is 4.74 Å². The first-order valence-corrected chi connectivity index (χ1v) is 12.8. The molecule has 164 valence electrons. The fourth-order valence-electron chi connectivity index (χ4n) is 3.06. The summed E-state index contributed by atoms with van der Waals surface area (Å²) in [6.45, 7) is 0. The van der Waals surface area contributed by atoms with Crippen molar-refractivity contribution in [1.29, 1.82) is 0 Å². The number of benzene rings is 4. The second-order valence-electron chi connectivity index (χ2n) is 6.64. The van der Waals surface area contributed by atoms with Crippen LogP contribution in [0.5, 0.6) is 5.75 Å². The largest absolute Gasteiger partial charge is 0.495 e. The molecule has 4 aromatic carbocycles. The second kappa shape index (κ2) is 12.5. The summed E-state index contributed by atoms with van der Waals surface area (Å²) >= 11 is 23.3. The minimum absolute atomic E-state index is 0.224. The molecule has 0 bridgehead atoms. The Morgan fingerprint density at radius 1 is 0.656 bits per heavy atom. The van der Waals surface area contributed by atoms with Gasteiger partial charge in [-0.25, -0.2) is 0 Å². The number of ether oxygens (including phenoxy) is 1. The second-order valence-corrected chi connectivity index (χ2v) is 10.3. The Kier molecular flexibility index (Phi) is 9.72. The van der Waals surface area contributed by atoms with Crippen molar-refractivity contribution < 1.29 is 4.74 Å². The van der Waals surface area contributed by atoms with Crippen molar-refractivity contribution in [2.45, 2.75) is 5.88 Å². The molecule has 0 aromatic heterocycles. The summed E-state index contributed by atoms with van der Waals surface area (Å²) in [5.74, 6) is 0.673. The number of halogens is 4. The van der Waals surface area contributed by atoms with E-state index >= 15 is 0 Å². The summed E-state index contributed by atoms with van der Waals surface area (Å²) in [6.07, 6.45) is 0. The van der Waals surface area contributed by atoms with Crippen LogP contribution in [0.3, 0.4) is 0 Å². The zero-order chi connectivity index (χ0) is 22.9. The van der Waals surface area contributed by atoms with Gasteiger partial charge in [-0.05, 0) is 23.8 Å². The lowest BCUT2D eigenvalue weighted by atomic mass is 10.2. The predicted molar refractivity (Wildman–Crippen MR) is 143 cm³/mol. The van der Waals surface area contributed by atoms with Gasteiger partial charge >= 0.3 is 0 Å². The molecule has 0 atom stereocenters. The summed E-state index contributed by atoms with van der Waals surface area (Å²) < 4.78 is 4.96. The molecule has 4 aromatic rings. The van der Waals surface area contributed by atoms with Crippen LogP contribution < -0.4 is 20.7 Å². The molecule has 0 aliphatic rings. The van der Waals surface area contributed by atoms with Gasteiger partial charge in [0.1, 0.15) is 10.8 Å². The van der Waals surface area contributed by atoms with Crippen molar-refractivity contribution in [2.75, 3.05) is 7.11 Å². The number of rotatable bonds is 5. The molecule has 0 unspecified atom stereocenters. The Balaban J connectivity index is 0.000000195. The van der Waals surface area contributed by atoms with Crippen molar-refractivity contribution in [1.82, 2.24) is 0 Å². The Morgan fingerprint density at radius 3 is 1.41 bits per heavy atom. The van der Waals surface area contributed by atoms with Gasteiger partial charge in [0.25, 0.3) is 0 Å². The highest BCUT2D eigenvalue weighted by atomic mass is 35.5. The van der Waals surface area contributed by atoms with E-state index in [0.29, 0.717) is 26.4 Å². The number of hydrogen-bond donors (Lipinski definition) is 0. The van der Waals surface area contributed by atoms with E-state index in [0.717, 1.165) is 0 Å². The Bertz CT molecular complexity index is 1030. The van der Waals surface area contributed by atoms with E-state index in [2.05, 4.69) is 91.0 Å². The molecule has 1 nitrogen and oxygen atoms in total. The zero-order valence-electron chi connectivity index (χ0n) is 17.3. The van der Waals surface area contributed by atoms with Gasteiger partial charge in [-0.15, -0.1) is 11.6 Å². The van der Waals surface area contributed by atoms with Crippen LogP contribution in [0.1, 0.15) is 5.56 Å². The minimum Gasteiger partial charge on any atom is -0.495 e. The molecule has 0 radical (unpaired) electrons. The molecule has 0 amide bonds. The van der Waals surface area contributed by atoms with E-state index in [1.54, 1.807) is 6.07 Å². The highest BCUT2D eigenvalue weighted by Gasteiger charge is 2.15. The lowest BCUT2D eigenvalue weighted by Gasteiger charge is -2.18. The van der Waals surface area contributed by atoms with Crippen LogP contribution in [-0.2, 0) is 5.88 Å². The van der Waals surface area contributed by atoms with Crippen LogP contribution >= 0.6 is 54.3 Å².